The van der Waals surface area contributed by atoms with Crippen LogP contribution in [0, 0.1) is 0 Å². The molecule has 0 bridgehead atoms. The van der Waals surface area contributed by atoms with Crippen molar-refractivity contribution in [2.24, 2.45) is 0 Å². The van der Waals surface area contributed by atoms with Crippen LogP contribution in [0.3, 0.4) is 0 Å². The SMILES string of the molecule is CCCC1(O)CN(C(=O)Cc2cccnc2)C1. The quantitative estimate of drug-likeness (QED) is 0.845. The van der Waals surface area contributed by atoms with Gasteiger partial charge in [0.15, 0.2) is 0 Å². The summed E-state index contributed by atoms with van der Waals surface area (Å²) >= 11 is 0. The van der Waals surface area contributed by atoms with Crippen molar-refractivity contribution in [3.05, 3.63) is 30.1 Å². The Balaban J connectivity index is 1.84. The van der Waals surface area contributed by atoms with Crippen LogP contribution in [0.4, 0.5) is 0 Å². The minimum atomic E-state index is -0.640. The molecule has 0 radical (unpaired) electrons. The van der Waals surface area contributed by atoms with Crippen LogP contribution in [0.15, 0.2) is 24.5 Å². The number of pyridine rings is 1. The largest absolute Gasteiger partial charge is 0.386 e. The molecule has 1 aliphatic heterocycles. The highest BCUT2D eigenvalue weighted by molar-refractivity contribution is 5.79. The molecule has 4 heteroatoms. The fraction of sp³-hybridized carbons (Fsp3) is 0.538. The van der Waals surface area contributed by atoms with Crippen molar-refractivity contribution in [3.63, 3.8) is 0 Å². The molecule has 1 aliphatic rings. The van der Waals surface area contributed by atoms with E-state index < -0.39 is 5.60 Å². The van der Waals surface area contributed by atoms with Gasteiger partial charge in [-0.25, -0.2) is 0 Å². The van der Waals surface area contributed by atoms with E-state index in [1.54, 1.807) is 17.3 Å². The predicted octanol–water partition coefficient (Wildman–Crippen LogP) is 0.998. The number of hydrogen-bond acceptors (Lipinski definition) is 3. The lowest BCUT2D eigenvalue weighted by Gasteiger charge is -2.46. The Morgan fingerprint density at radius 2 is 2.35 bits per heavy atom. The average molecular weight is 234 g/mol. The number of aromatic nitrogens is 1. The zero-order valence-corrected chi connectivity index (χ0v) is 10.1. The molecule has 0 atom stereocenters. The fourth-order valence-corrected chi connectivity index (χ4v) is 2.25. The zero-order valence-electron chi connectivity index (χ0n) is 10.1. The molecular formula is C13H18N2O2. The van der Waals surface area contributed by atoms with Gasteiger partial charge in [-0.3, -0.25) is 9.78 Å². The number of amides is 1. The highest BCUT2D eigenvalue weighted by Gasteiger charge is 2.42. The summed E-state index contributed by atoms with van der Waals surface area (Å²) in [6, 6.07) is 3.72. The van der Waals surface area contributed by atoms with E-state index >= 15 is 0 Å². The summed E-state index contributed by atoms with van der Waals surface area (Å²) in [5, 5.41) is 9.99. The second kappa shape index (κ2) is 4.84. The van der Waals surface area contributed by atoms with Gasteiger partial charge in [0.2, 0.25) is 5.91 Å². The van der Waals surface area contributed by atoms with E-state index in [9.17, 15) is 9.90 Å². The van der Waals surface area contributed by atoms with Gasteiger partial charge in [0.05, 0.1) is 25.1 Å². The normalized spacial score (nSPS) is 17.6. The number of aliphatic hydroxyl groups is 1. The first kappa shape index (κ1) is 12.0. The highest BCUT2D eigenvalue weighted by atomic mass is 16.3. The highest BCUT2D eigenvalue weighted by Crippen LogP contribution is 2.26. The number of rotatable bonds is 4. The standard InChI is InChI=1S/C13H18N2O2/c1-2-5-13(17)9-15(10-13)12(16)7-11-4-3-6-14-8-11/h3-4,6,8,17H,2,5,7,9-10H2,1H3. The van der Waals surface area contributed by atoms with Gasteiger partial charge in [-0.1, -0.05) is 19.4 Å². The van der Waals surface area contributed by atoms with Crippen molar-refractivity contribution < 1.29 is 9.90 Å². The number of β-amino-alcohol motifs (C(OH)–C–C–N with tert-alkyl or cyclic N) is 1. The van der Waals surface area contributed by atoms with Crippen LogP contribution in [0.5, 0.6) is 0 Å². The molecule has 4 nitrogen and oxygen atoms in total. The third-order valence-corrected chi connectivity index (χ3v) is 3.12. The van der Waals surface area contributed by atoms with Crippen molar-refractivity contribution in [1.29, 1.82) is 0 Å². The van der Waals surface area contributed by atoms with Crippen LogP contribution in [0.1, 0.15) is 25.3 Å². The van der Waals surface area contributed by atoms with Gasteiger partial charge in [0, 0.05) is 12.4 Å². The summed E-state index contributed by atoms with van der Waals surface area (Å²) in [4.78, 5) is 17.6. The molecular weight excluding hydrogens is 216 g/mol. The Bertz CT molecular complexity index is 386. The lowest BCUT2D eigenvalue weighted by atomic mass is 9.89. The second-order valence-electron chi connectivity index (χ2n) is 4.76. The fourth-order valence-electron chi connectivity index (χ4n) is 2.25. The van der Waals surface area contributed by atoms with E-state index in [0.29, 0.717) is 19.5 Å². The topological polar surface area (TPSA) is 53.4 Å². The minimum absolute atomic E-state index is 0.0683. The van der Waals surface area contributed by atoms with Crippen molar-refractivity contribution in [2.45, 2.75) is 31.8 Å². The van der Waals surface area contributed by atoms with Gasteiger partial charge in [-0.15, -0.1) is 0 Å². The summed E-state index contributed by atoms with van der Waals surface area (Å²) in [5.41, 5.74) is 0.280. The summed E-state index contributed by atoms with van der Waals surface area (Å²) in [7, 11) is 0. The van der Waals surface area contributed by atoms with Gasteiger partial charge >= 0.3 is 0 Å². The van der Waals surface area contributed by atoms with Gasteiger partial charge < -0.3 is 10.0 Å². The zero-order chi connectivity index (χ0) is 12.3. The number of nitrogens with zero attached hydrogens (tertiary/aromatic N) is 2. The lowest BCUT2D eigenvalue weighted by molar-refractivity contribution is -0.155. The van der Waals surface area contributed by atoms with E-state index in [4.69, 9.17) is 0 Å². The second-order valence-corrected chi connectivity index (χ2v) is 4.76. The Hall–Kier alpha value is -1.42. The Morgan fingerprint density at radius 3 is 2.94 bits per heavy atom. The van der Waals surface area contributed by atoms with Gasteiger partial charge in [-0.05, 0) is 18.1 Å². The van der Waals surface area contributed by atoms with E-state index in [1.165, 1.54) is 0 Å². The van der Waals surface area contributed by atoms with Gasteiger partial charge in [0.25, 0.3) is 0 Å². The first-order valence-electron chi connectivity index (χ1n) is 6.02. The Kier molecular flexibility index (Phi) is 3.43. The third kappa shape index (κ3) is 2.82. The van der Waals surface area contributed by atoms with Crippen LogP contribution < -0.4 is 0 Å². The minimum Gasteiger partial charge on any atom is -0.386 e. The van der Waals surface area contributed by atoms with Crippen molar-refractivity contribution >= 4 is 5.91 Å². The summed E-state index contributed by atoms with van der Waals surface area (Å²) in [5.74, 6) is 0.0683. The number of hydrogen-bond donors (Lipinski definition) is 1. The molecule has 1 fully saturated rings. The van der Waals surface area contributed by atoms with Gasteiger partial charge in [-0.2, -0.15) is 0 Å². The van der Waals surface area contributed by atoms with E-state index in [0.717, 1.165) is 18.4 Å². The summed E-state index contributed by atoms with van der Waals surface area (Å²) in [6.07, 6.45) is 5.48. The van der Waals surface area contributed by atoms with Crippen LogP contribution in [-0.2, 0) is 11.2 Å². The molecule has 1 N–H and O–H groups in total. The maximum absolute atomic E-state index is 11.9. The Labute approximate surface area is 101 Å². The number of likely N-dealkylation sites (tertiary alicyclic amines) is 1. The summed E-state index contributed by atoms with van der Waals surface area (Å²) in [6.45, 7) is 2.98. The molecule has 0 spiro atoms. The molecule has 0 unspecified atom stereocenters. The van der Waals surface area contributed by atoms with Crippen LogP contribution in [-0.4, -0.2) is 39.6 Å². The maximum atomic E-state index is 11.9. The maximum Gasteiger partial charge on any atom is 0.227 e. The smallest absolute Gasteiger partial charge is 0.227 e. The number of carbonyl (C=O) groups is 1. The predicted molar refractivity (Wildman–Crippen MR) is 64.4 cm³/mol. The van der Waals surface area contributed by atoms with E-state index in [1.807, 2.05) is 19.1 Å². The molecule has 2 rings (SSSR count). The third-order valence-electron chi connectivity index (χ3n) is 3.12. The molecule has 0 aliphatic carbocycles. The summed E-state index contributed by atoms with van der Waals surface area (Å²) < 4.78 is 0. The molecule has 1 aromatic rings. The van der Waals surface area contributed by atoms with E-state index in [2.05, 4.69) is 4.98 Å². The van der Waals surface area contributed by atoms with Crippen molar-refractivity contribution in [3.8, 4) is 0 Å². The van der Waals surface area contributed by atoms with Gasteiger partial charge in [0.1, 0.15) is 0 Å². The molecule has 1 aromatic heterocycles. The van der Waals surface area contributed by atoms with Crippen molar-refractivity contribution in [1.82, 2.24) is 9.88 Å². The van der Waals surface area contributed by atoms with Crippen LogP contribution >= 0.6 is 0 Å². The monoisotopic (exact) mass is 234 g/mol. The first-order chi connectivity index (χ1) is 8.13. The molecule has 0 aromatic carbocycles. The lowest BCUT2D eigenvalue weighted by Crippen LogP contribution is -2.63. The molecule has 2 heterocycles. The first-order valence-corrected chi connectivity index (χ1v) is 6.02. The van der Waals surface area contributed by atoms with Crippen LogP contribution in [0.25, 0.3) is 0 Å². The molecule has 17 heavy (non-hydrogen) atoms. The Morgan fingerprint density at radius 1 is 1.59 bits per heavy atom. The number of carbonyl (C=O) groups excluding carboxylic acids is 1. The molecule has 92 valence electrons. The molecule has 0 saturated carbocycles. The van der Waals surface area contributed by atoms with E-state index in [-0.39, 0.29) is 5.91 Å². The van der Waals surface area contributed by atoms with Crippen LogP contribution in [0.2, 0.25) is 0 Å². The van der Waals surface area contributed by atoms with Crippen molar-refractivity contribution in [2.75, 3.05) is 13.1 Å². The average Bonchev–Trinajstić information content (AvgIpc) is 2.27. The molecule has 1 saturated heterocycles. The molecule has 1 amide bonds.